The highest BCUT2D eigenvalue weighted by Gasteiger charge is 2.28. The number of ether oxygens (including phenoxy) is 1. The zero-order valence-corrected chi connectivity index (χ0v) is 21.5. The lowest BCUT2D eigenvalue weighted by atomic mass is 10.1. The van der Waals surface area contributed by atoms with Gasteiger partial charge in [-0.2, -0.15) is 0 Å². The number of aromatic nitrogens is 2. The summed E-state index contributed by atoms with van der Waals surface area (Å²) in [6, 6.07) is 21.1. The summed E-state index contributed by atoms with van der Waals surface area (Å²) >= 11 is 6.06. The van der Waals surface area contributed by atoms with Gasteiger partial charge < -0.3 is 9.64 Å². The first-order valence-corrected chi connectivity index (χ1v) is 12.6. The fourth-order valence-electron chi connectivity index (χ4n) is 4.28. The van der Waals surface area contributed by atoms with E-state index in [9.17, 15) is 9.59 Å². The fraction of sp³-hybridized carbons (Fsp3) is 0.276. The number of carbonyl (C=O) groups excluding carboxylic acids is 1. The Morgan fingerprint density at radius 1 is 1.03 bits per heavy atom. The van der Waals surface area contributed by atoms with Gasteiger partial charge in [0.15, 0.2) is 0 Å². The molecular formula is C29H30ClN3O3. The maximum absolute atomic E-state index is 13.9. The van der Waals surface area contributed by atoms with E-state index in [0.717, 1.165) is 12.8 Å². The SMILES string of the molecule is CCCCN(C(=O)c1ccc(Cl)cc1)C(C)c1nc2ccccc2c(=O)n1-c1ccccc1OCC. The first kappa shape index (κ1) is 25.5. The van der Waals surface area contributed by atoms with E-state index >= 15 is 0 Å². The summed E-state index contributed by atoms with van der Waals surface area (Å²) in [5.41, 5.74) is 1.51. The molecule has 0 saturated carbocycles. The zero-order valence-electron chi connectivity index (χ0n) is 20.8. The number of unbranched alkanes of at least 4 members (excludes halogenated alkanes) is 1. The normalized spacial score (nSPS) is 11.9. The van der Waals surface area contributed by atoms with Gasteiger partial charge in [0.25, 0.3) is 11.5 Å². The van der Waals surface area contributed by atoms with E-state index in [1.807, 2.05) is 56.3 Å². The minimum Gasteiger partial charge on any atom is -0.492 e. The molecule has 0 aliphatic heterocycles. The van der Waals surface area contributed by atoms with E-state index in [0.29, 0.717) is 51.9 Å². The van der Waals surface area contributed by atoms with E-state index < -0.39 is 6.04 Å². The molecule has 1 heterocycles. The number of fused-ring (bicyclic) bond motifs is 1. The number of hydrogen-bond donors (Lipinski definition) is 0. The van der Waals surface area contributed by atoms with E-state index in [1.165, 1.54) is 0 Å². The van der Waals surface area contributed by atoms with Gasteiger partial charge in [-0.25, -0.2) is 4.98 Å². The maximum Gasteiger partial charge on any atom is 0.266 e. The smallest absolute Gasteiger partial charge is 0.266 e. The van der Waals surface area contributed by atoms with Gasteiger partial charge in [-0.05, 0) is 68.8 Å². The van der Waals surface area contributed by atoms with Crippen LogP contribution in [0.15, 0.2) is 77.6 Å². The Labute approximate surface area is 216 Å². The molecule has 0 aliphatic carbocycles. The Morgan fingerprint density at radius 2 is 1.72 bits per heavy atom. The minimum absolute atomic E-state index is 0.139. The molecule has 1 atom stereocenters. The zero-order chi connectivity index (χ0) is 25.7. The van der Waals surface area contributed by atoms with Crippen LogP contribution in [0.5, 0.6) is 5.75 Å². The van der Waals surface area contributed by atoms with Crippen LogP contribution >= 0.6 is 11.6 Å². The highest BCUT2D eigenvalue weighted by molar-refractivity contribution is 6.30. The van der Waals surface area contributed by atoms with E-state index in [1.54, 1.807) is 39.8 Å². The summed E-state index contributed by atoms with van der Waals surface area (Å²) in [7, 11) is 0. The molecule has 6 nitrogen and oxygen atoms in total. The Hall–Kier alpha value is -3.64. The lowest BCUT2D eigenvalue weighted by Gasteiger charge is -2.31. The number of nitrogens with zero attached hydrogens (tertiary/aromatic N) is 3. The number of rotatable bonds is 9. The predicted octanol–water partition coefficient (Wildman–Crippen LogP) is 6.44. The van der Waals surface area contributed by atoms with Gasteiger partial charge >= 0.3 is 0 Å². The molecule has 36 heavy (non-hydrogen) atoms. The number of para-hydroxylation sites is 3. The van der Waals surface area contributed by atoms with Gasteiger partial charge in [0, 0.05) is 17.1 Å². The average molecular weight is 504 g/mol. The Bertz CT molecular complexity index is 1420. The molecule has 0 spiro atoms. The van der Waals surface area contributed by atoms with Crippen molar-refractivity contribution in [1.29, 1.82) is 0 Å². The van der Waals surface area contributed by atoms with Crippen LogP contribution < -0.4 is 10.3 Å². The van der Waals surface area contributed by atoms with Crippen molar-refractivity contribution in [3.05, 3.63) is 99.6 Å². The van der Waals surface area contributed by atoms with Crippen molar-refractivity contribution in [2.75, 3.05) is 13.2 Å². The van der Waals surface area contributed by atoms with Crippen molar-refractivity contribution in [2.24, 2.45) is 0 Å². The van der Waals surface area contributed by atoms with Gasteiger partial charge in [0.1, 0.15) is 11.6 Å². The molecule has 186 valence electrons. The third-order valence-corrected chi connectivity index (χ3v) is 6.41. The predicted molar refractivity (Wildman–Crippen MR) is 144 cm³/mol. The quantitative estimate of drug-likeness (QED) is 0.263. The van der Waals surface area contributed by atoms with Crippen molar-refractivity contribution in [3.63, 3.8) is 0 Å². The molecule has 0 aliphatic rings. The molecule has 1 amide bonds. The number of hydrogen-bond acceptors (Lipinski definition) is 4. The molecule has 0 bridgehead atoms. The largest absolute Gasteiger partial charge is 0.492 e. The molecule has 4 rings (SSSR count). The van der Waals surface area contributed by atoms with Crippen LogP contribution in [0.3, 0.4) is 0 Å². The first-order chi connectivity index (χ1) is 17.5. The summed E-state index contributed by atoms with van der Waals surface area (Å²) < 4.78 is 7.46. The second-order valence-electron chi connectivity index (χ2n) is 8.56. The minimum atomic E-state index is -0.494. The van der Waals surface area contributed by atoms with Crippen LogP contribution in [0.1, 0.15) is 55.8 Å². The van der Waals surface area contributed by atoms with Crippen molar-refractivity contribution in [2.45, 2.75) is 39.7 Å². The van der Waals surface area contributed by atoms with Gasteiger partial charge in [-0.15, -0.1) is 0 Å². The van der Waals surface area contributed by atoms with Crippen LogP contribution in [0, 0.1) is 0 Å². The third-order valence-electron chi connectivity index (χ3n) is 6.15. The van der Waals surface area contributed by atoms with Crippen LogP contribution in [-0.4, -0.2) is 33.5 Å². The number of benzene rings is 3. The molecule has 7 heteroatoms. The van der Waals surface area contributed by atoms with E-state index in [-0.39, 0.29) is 11.5 Å². The summed E-state index contributed by atoms with van der Waals surface area (Å²) in [5, 5.41) is 1.07. The molecule has 1 aromatic heterocycles. The van der Waals surface area contributed by atoms with Crippen LogP contribution in [0.25, 0.3) is 16.6 Å². The van der Waals surface area contributed by atoms with E-state index in [4.69, 9.17) is 21.3 Å². The van der Waals surface area contributed by atoms with Gasteiger partial charge in [-0.3, -0.25) is 14.2 Å². The lowest BCUT2D eigenvalue weighted by molar-refractivity contribution is 0.0678. The number of amides is 1. The highest BCUT2D eigenvalue weighted by atomic mass is 35.5. The molecule has 4 aromatic rings. The fourth-order valence-corrected chi connectivity index (χ4v) is 4.41. The lowest BCUT2D eigenvalue weighted by Crippen LogP contribution is -2.38. The van der Waals surface area contributed by atoms with Crippen molar-refractivity contribution >= 4 is 28.4 Å². The Morgan fingerprint density at radius 3 is 2.44 bits per heavy atom. The molecular weight excluding hydrogens is 474 g/mol. The van der Waals surface area contributed by atoms with Gasteiger partial charge in [0.2, 0.25) is 0 Å². The summed E-state index contributed by atoms with van der Waals surface area (Å²) in [4.78, 5) is 34.3. The van der Waals surface area contributed by atoms with Gasteiger partial charge in [-0.1, -0.05) is 49.2 Å². The molecule has 1 unspecified atom stereocenters. The molecule has 0 fully saturated rings. The number of halogens is 1. The molecule has 0 N–H and O–H groups in total. The maximum atomic E-state index is 13.9. The van der Waals surface area contributed by atoms with Crippen LogP contribution in [0.2, 0.25) is 5.02 Å². The summed E-state index contributed by atoms with van der Waals surface area (Å²) in [6.07, 6.45) is 1.74. The van der Waals surface area contributed by atoms with Crippen molar-refractivity contribution in [1.82, 2.24) is 14.5 Å². The molecule has 0 radical (unpaired) electrons. The number of carbonyl (C=O) groups is 1. The van der Waals surface area contributed by atoms with Crippen molar-refractivity contribution in [3.8, 4) is 11.4 Å². The summed E-state index contributed by atoms with van der Waals surface area (Å²) in [6.45, 7) is 6.88. The Kier molecular flexibility index (Phi) is 8.06. The second kappa shape index (κ2) is 11.4. The summed E-state index contributed by atoms with van der Waals surface area (Å²) in [5.74, 6) is 0.917. The van der Waals surface area contributed by atoms with Crippen LogP contribution in [-0.2, 0) is 0 Å². The first-order valence-electron chi connectivity index (χ1n) is 12.3. The standard InChI is InChI=1S/C29H30ClN3O3/c1-4-6-19-32(28(34)21-15-17-22(30)18-16-21)20(3)27-31-24-12-8-7-11-23(24)29(35)33(27)25-13-9-10-14-26(25)36-5-2/h7-18,20H,4-6,19H2,1-3H3. The highest BCUT2D eigenvalue weighted by Crippen LogP contribution is 2.29. The topological polar surface area (TPSA) is 64.4 Å². The second-order valence-corrected chi connectivity index (χ2v) is 9.00. The molecule has 0 saturated heterocycles. The Balaban J connectivity index is 1.92. The van der Waals surface area contributed by atoms with Crippen molar-refractivity contribution < 1.29 is 9.53 Å². The average Bonchev–Trinajstić information content (AvgIpc) is 2.90. The van der Waals surface area contributed by atoms with Crippen LogP contribution in [0.4, 0.5) is 0 Å². The van der Waals surface area contributed by atoms with Gasteiger partial charge in [0.05, 0.1) is 29.2 Å². The molecule has 3 aromatic carbocycles. The monoisotopic (exact) mass is 503 g/mol. The third kappa shape index (κ3) is 5.14. The van der Waals surface area contributed by atoms with E-state index in [2.05, 4.69) is 6.92 Å².